The zero-order valence-electron chi connectivity index (χ0n) is 15.1. The zero-order chi connectivity index (χ0) is 19.7. The summed E-state index contributed by atoms with van der Waals surface area (Å²) in [5.74, 6) is -1.66. The van der Waals surface area contributed by atoms with E-state index in [0.717, 1.165) is 18.9 Å². The monoisotopic (exact) mass is 383 g/mol. The van der Waals surface area contributed by atoms with E-state index in [9.17, 15) is 18.4 Å². The molecule has 2 N–H and O–H groups in total. The minimum absolute atomic E-state index is 0.114. The lowest BCUT2D eigenvalue weighted by Gasteiger charge is -2.30. The van der Waals surface area contributed by atoms with Gasteiger partial charge in [0.15, 0.2) is 5.69 Å². The molecule has 1 amide bonds. The van der Waals surface area contributed by atoms with Gasteiger partial charge in [-0.15, -0.1) is 0 Å². The average molecular weight is 383 g/mol. The Bertz CT molecular complexity index is 1100. The van der Waals surface area contributed by atoms with Gasteiger partial charge in [-0.1, -0.05) is 37.1 Å². The molecule has 4 rings (SSSR count). The number of rotatable bonds is 4. The number of hydrogen-bond donors (Lipinski definition) is 2. The molecule has 0 saturated heterocycles. The van der Waals surface area contributed by atoms with Gasteiger partial charge in [-0.3, -0.25) is 9.59 Å². The van der Waals surface area contributed by atoms with Crippen LogP contribution in [0.3, 0.4) is 0 Å². The Hall–Kier alpha value is -3.09. The van der Waals surface area contributed by atoms with Gasteiger partial charge in [0, 0.05) is 23.4 Å². The highest BCUT2D eigenvalue weighted by molar-refractivity contribution is 6.04. The molecule has 0 atom stereocenters. The van der Waals surface area contributed by atoms with Crippen molar-refractivity contribution in [1.82, 2.24) is 15.5 Å². The van der Waals surface area contributed by atoms with E-state index in [-0.39, 0.29) is 17.8 Å². The topological polar surface area (TPSA) is 74.8 Å². The number of halogens is 2. The maximum Gasteiger partial charge on any atom is 0.272 e. The number of nitrogens with zero attached hydrogens (tertiary/aromatic N) is 1. The van der Waals surface area contributed by atoms with Crippen LogP contribution in [0.25, 0.3) is 10.8 Å². The first-order chi connectivity index (χ1) is 13.5. The quantitative estimate of drug-likeness (QED) is 0.725. The molecular weight excluding hydrogens is 364 g/mol. The van der Waals surface area contributed by atoms with Gasteiger partial charge in [-0.2, -0.15) is 5.10 Å². The largest absolute Gasteiger partial charge is 0.350 e. The van der Waals surface area contributed by atoms with Crippen molar-refractivity contribution < 1.29 is 13.6 Å². The van der Waals surface area contributed by atoms with Crippen LogP contribution in [0.2, 0.25) is 0 Å². The second kappa shape index (κ2) is 7.14. The summed E-state index contributed by atoms with van der Waals surface area (Å²) < 4.78 is 27.8. The second-order valence-corrected chi connectivity index (χ2v) is 7.24. The maximum atomic E-state index is 14.4. The van der Waals surface area contributed by atoms with Crippen molar-refractivity contribution in [1.29, 1.82) is 0 Å². The SMILES string of the molecule is O=C(NCC1(c2ccc(F)cc2F)CCCC1)c1n[nH]c(=O)c2ccccc12. The predicted octanol–water partition coefficient (Wildman–Crippen LogP) is 3.44. The fraction of sp³-hybridized carbons (Fsp3) is 0.286. The van der Waals surface area contributed by atoms with Crippen LogP contribution in [-0.4, -0.2) is 22.6 Å². The number of nitrogens with one attached hydrogen (secondary N) is 2. The molecule has 1 fully saturated rings. The van der Waals surface area contributed by atoms with Crippen LogP contribution in [-0.2, 0) is 5.41 Å². The number of fused-ring (bicyclic) bond motifs is 1. The standard InChI is InChI=1S/C21H19F2N3O2/c22-13-7-8-16(17(23)11-13)21(9-3-4-10-21)12-24-20(28)18-14-5-1-2-6-15(14)19(27)26-25-18/h1-2,5-8,11H,3-4,9-10,12H2,(H,24,28)(H,26,27). The van der Waals surface area contributed by atoms with Crippen molar-refractivity contribution in [3.8, 4) is 0 Å². The summed E-state index contributed by atoms with van der Waals surface area (Å²) in [6.07, 6.45) is 3.23. The first-order valence-electron chi connectivity index (χ1n) is 9.21. The summed E-state index contributed by atoms with van der Waals surface area (Å²) in [5, 5.41) is 9.93. The molecule has 5 nitrogen and oxygen atoms in total. The van der Waals surface area contributed by atoms with Crippen LogP contribution < -0.4 is 10.9 Å². The van der Waals surface area contributed by atoms with Crippen molar-refractivity contribution in [2.75, 3.05) is 6.54 Å². The fourth-order valence-electron chi connectivity index (χ4n) is 4.13. The number of carbonyl (C=O) groups excluding carboxylic acids is 1. The molecule has 144 valence electrons. The molecule has 1 saturated carbocycles. The third-order valence-electron chi connectivity index (χ3n) is 5.56. The summed E-state index contributed by atoms with van der Waals surface area (Å²) in [5.41, 5.74) is -0.410. The van der Waals surface area contributed by atoms with Crippen LogP contribution >= 0.6 is 0 Å². The van der Waals surface area contributed by atoms with E-state index < -0.39 is 23.0 Å². The highest BCUT2D eigenvalue weighted by Crippen LogP contribution is 2.41. The Morgan fingerprint density at radius 2 is 1.82 bits per heavy atom. The molecule has 0 aliphatic heterocycles. The van der Waals surface area contributed by atoms with Gasteiger partial charge in [0.25, 0.3) is 11.5 Å². The molecule has 3 aromatic rings. The maximum absolute atomic E-state index is 14.4. The van der Waals surface area contributed by atoms with Crippen molar-refractivity contribution in [2.24, 2.45) is 0 Å². The smallest absolute Gasteiger partial charge is 0.272 e. The van der Waals surface area contributed by atoms with Gasteiger partial charge in [0.05, 0.1) is 5.39 Å². The Morgan fingerprint density at radius 3 is 2.54 bits per heavy atom. The van der Waals surface area contributed by atoms with Gasteiger partial charge in [-0.05, 0) is 30.5 Å². The lowest BCUT2D eigenvalue weighted by Crippen LogP contribution is -2.40. The molecular formula is C21H19F2N3O2. The molecule has 2 aromatic carbocycles. The van der Waals surface area contributed by atoms with E-state index in [1.54, 1.807) is 24.3 Å². The Morgan fingerprint density at radius 1 is 1.11 bits per heavy atom. The molecule has 1 aromatic heterocycles. The van der Waals surface area contributed by atoms with Gasteiger partial charge < -0.3 is 5.32 Å². The highest BCUT2D eigenvalue weighted by Gasteiger charge is 2.38. The molecule has 7 heteroatoms. The van der Waals surface area contributed by atoms with Crippen molar-refractivity contribution in [3.63, 3.8) is 0 Å². The molecule has 0 unspecified atom stereocenters. The summed E-state index contributed by atoms with van der Waals surface area (Å²) in [6, 6.07) is 10.3. The molecule has 1 aliphatic rings. The van der Waals surface area contributed by atoms with Crippen molar-refractivity contribution in [2.45, 2.75) is 31.1 Å². The van der Waals surface area contributed by atoms with Crippen LogP contribution in [0.15, 0.2) is 47.3 Å². The predicted molar refractivity (Wildman–Crippen MR) is 101 cm³/mol. The summed E-state index contributed by atoms with van der Waals surface area (Å²) >= 11 is 0. The van der Waals surface area contributed by atoms with Gasteiger partial charge in [0.2, 0.25) is 0 Å². The zero-order valence-corrected chi connectivity index (χ0v) is 15.1. The molecule has 28 heavy (non-hydrogen) atoms. The highest BCUT2D eigenvalue weighted by atomic mass is 19.1. The molecule has 1 heterocycles. The summed E-state index contributed by atoms with van der Waals surface area (Å²) in [7, 11) is 0. The van der Waals surface area contributed by atoms with E-state index in [4.69, 9.17) is 0 Å². The summed E-state index contributed by atoms with van der Waals surface area (Å²) in [4.78, 5) is 24.7. The summed E-state index contributed by atoms with van der Waals surface area (Å²) in [6.45, 7) is 0.212. The lowest BCUT2D eigenvalue weighted by molar-refractivity contribution is 0.0938. The van der Waals surface area contributed by atoms with Crippen molar-refractivity contribution >= 4 is 16.7 Å². The van der Waals surface area contributed by atoms with Crippen LogP contribution in [0, 0.1) is 11.6 Å². The van der Waals surface area contributed by atoms with Gasteiger partial charge >= 0.3 is 0 Å². The molecule has 1 aliphatic carbocycles. The average Bonchev–Trinajstić information content (AvgIpc) is 3.16. The third-order valence-corrected chi connectivity index (χ3v) is 5.56. The number of hydrogen-bond acceptors (Lipinski definition) is 3. The van der Waals surface area contributed by atoms with Gasteiger partial charge in [0.1, 0.15) is 11.6 Å². The van der Waals surface area contributed by atoms with E-state index in [1.165, 1.54) is 12.1 Å². The van der Waals surface area contributed by atoms with E-state index in [1.807, 2.05) is 0 Å². The Balaban J connectivity index is 1.63. The van der Waals surface area contributed by atoms with E-state index >= 15 is 0 Å². The van der Waals surface area contributed by atoms with Crippen LogP contribution in [0.5, 0.6) is 0 Å². The normalized spacial score (nSPS) is 15.6. The number of amides is 1. The number of aromatic nitrogens is 2. The molecule has 0 bridgehead atoms. The van der Waals surface area contributed by atoms with Crippen LogP contribution in [0.1, 0.15) is 41.7 Å². The number of benzene rings is 2. The second-order valence-electron chi connectivity index (χ2n) is 7.24. The molecule has 0 spiro atoms. The van der Waals surface area contributed by atoms with E-state index in [2.05, 4.69) is 15.5 Å². The number of H-pyrrole nitrogens is 1. The first-order valence-corrected chi connectivity index (χ1v) is 9.21. The number of carbonyl (C=O) groups is 1. The first kappa shape index (κ1) is 18.3. The Kier molecular flexibility index (Phi) is 4.66. The molecule has 0 radical (unpaired) electrons. The van der Waals surface area contributed by atoms with Crippen molar-refractivity contribution in [3.05, 3.63) is 75.7 Å². The third kappa shape index (κ3) is 3.17. The minimum atomic E-state index is -0.623. The Labute approximate surface area is 159 Å². The lowest BCUT2D eigenvalue weighted by atomic mass is 9.78. The minimum Gasteiger partial charge on any atom is -0.350 e. The van der Waals surface area contributed by atoms with E-state index in [0.29, 0.717) is 29.2 Å². The fourth-order valence-corrected chi connectivity index (χ4v) is 4.13. The number of aromatic amines is 1. The van der Waals surface area contributed by atoms with Gasteiger partial charge in [-0.25, -0.2) is 13.9 Å². The van der Waals surface area contributed by atoms with Crippen LogP contribution in [0.4, 0.5) is 8.78 Å².